The van der Waals surface area contributed by atoms with Gasteiger partial charge in [0.05, 0.1) is 11.8 Å². The second-order valence-corrected chi connectivity index (χ2v) is 5.39. The van der Waals surface area contributed by atoms with E-state index in [2.05, 4.69) is 0 Å². The zero-order chi connectivity index (χ0) is 13.3. The minimum absolute atomic E-state index is 0.0702. The predicted octanol–water partition coefficient (Wildman–Crippen LogP) is 2.64. The van der Waals surface area contributed by atoms with Crippen LogP contribution in [0.4, 0.5) is 18.9 Å². The molecule has 0 aliphatic rings. The molecule has 0 aliphatic carbocycles. The lowest BCUT2D eigenvalue weighted by molar-refractivity contribution is -0.137. The monoisotopic (exact) mass is 267 g/mol. The van der Waals surface area contributed by atoms with E-state index in [1.54, 1.807) is 6.92 Å². The van der Waals surface area contributed by atoms with Crippen LogP contribution in [0.5, 0.6) is 0 Å². The van der Waals surface area contributed by atoms with Crippen LogP contribution in [-0.4, -0.2) is 14.7 Å². The van der Waals surface area contributed by atoms with Crippen LogP contribution in [0.25, 0.3) is 0 Å². The second kappa shape index (κ2) is 4.56. The Morgan fingerprint density at radius 3 is 2.24 bits per heavy atom. The second-order valence-electron chi connectivity index (χ2n) is 3.64. The Labute approximate surface area is 97.7 Å². The van der Waals surface area contributed by atoms with Gasteiger partial charge in [0, 0.05) is 5.69 Å². The van der Waals surface area contributed by atoms with E-state index in [0.29, 0.717) is 12.0 Å². The summed E-state index contributed by atoms with van der Waals surface area (Å²) in [7, 11) is -3.58. The van der Waals surface area contributed by atoms with Crippen LogP contribution in [-0.2, 0) is 22.6 Å². The lowest BCUT2D eigenvalue weighted by Crippen LogP contribution is -2.12. The van der Waals surface area contributed by atoms with E-state index < -0.39 is 21.8 Å². The molecule has 0 fully saturated rings. The van der Waals surface area contributed by atoms with Gasteiger partial charge in [0.25, 0.3) is 0 Å². The summed E-state index contributed by atoms with van der Waals surface area (Å²) in [5, 5.41) is 0. The first-order chi connectivity index (χ1) is 7.62. The number of nitrogens with one attached hydrogen (secondary N) is 1. The minimum Gasteiger partial charge on any atom is -0.284 e. The van der Waals surface area contributed by atoms with Gasteiger partial charge in [-0.3, -0.25) is 4.72 Å². The highest BCUT2D eigenvalue weighted by Crippen LogP contribution is 2.32. The van der Waals surface area contributed by atoms with Crippen molar-refractivity contribution in [2.24, 2.45) is 0 Å². The molecule has 3 nitrogen and oxygen atoms in total. The molecule has 1 aromatic carbocycles. The van der Waals surface area contributed by atoms with Crippen LogP contribution in [0, 0.1) is 0 Å². The van der Waals surface area contributed by atoms with Crippen LogP contribution < -0.4 is 4.72 Å². The lowest BCUT2D eigenvalue weighted by atomic mass is 10.1. The molecule has 1 rings (SSSR count). The maximum atomic E-state index is 12.5. The summed E-state index contributed by atoms with van der Waals surface area (Å²) in [6.45, 7) is 1.69. The normalized spacial score (nSPS) is 12.5. The smallest absolute Gasteiger partial charge is 0.284 e. The Kier molecular flexibility index (Phi) is 3.71. The zero-order valence-corrected chi connectivity index (χ0v) is 10.1. The molecule has 0 amide bonds. The fourth-order valence-electron chi connectivity index (χ4n) is 1.33. The maximum absolute atomic E-state index is 12.5. The first-order valence-corrected chi connectivity index (χ1v) is 6.70. The first kappa shape index (κ1) is 13.8. The summed E-state index contributed by atoms with van der Waals surface area (Å²) in [4.78, 5) is 0. The van der Waals surface area contributed by atoms with Gasteiger partial charge < -0.3 is 0 Å². The summed E-state index contributed by atoms with van der Waals surface area (Å²) in [6, 6.07) is 3.17. The molecule has 96 valence electrons. The number of rotatable bonds is 3. The first-order valence-electron chi connectivity index (χ1n) is 4.81. The molecular weight excluding hydrogens is 255 g/mol. The topological polar surface area (TPSA) is 46.2 Å². The van der Waals surface area contributed by atoms with Gasteiger partial charge in [-0.2, -0.15) is 13.2 Å². The molecule has 1 aromatic rings. The van der Waals surface area contributed by atoms with E-state index in [1.165, 1.54) is 6.07 Å². The maximum Gasteiger partial charge on any atom is 0.416 e. The van der Waals surface area contributed by atoms with Crippen molar-refractivity contribution in [3.05, 3.63) is 29.3 Å². The molecule has 0 heterocycles. The van der Waals surface area contributed by atoms with Gasteiger partial charge in [-0.25, -0.2) is 8.42 Å². The number of hydrogen-bond donors (Lipinski definition) is 1. The van der Waals surface area contributed by atoms with Crippen LogP contribution in [0.3, 0.4) is 0 Å². The number of anilines is 1. The predicted molar refractivity (Wildman–Crippen MR) is 59.3 cm³/mol. The number of aryl methyl sites for hydroxylation is 1. The van der Waals surface area contributed by atoms with Crippen LogP contribution in [0.2, 0.25) is 0 Å². The van der Waals surface area contributed by atoms with Crippen molar-refractivity contribution in [2.75, 3.05) is 11.0 Å². The van der Waals surface area contributed by atoms with Crippen molar-refractivity contribution in [1.29, 1.82) is 0 Å². The van der Waals surface area contributed by atoms with E-state index in [9.17, 15) is 21.6 Å². The molecule has 0 aromatic heterocycles. The van der Waals surface area contributed by atoms with Crippen molar-refractivity contribution in [3.63, 3.8) is 0 Å². The highest BCUT2D eigenvalue weighted by molar-refractivity contribution is 7.92. The van der Waals surface area contributed by atoms with E-state index in [1.807, 2.05) is 4.72 Å². The van der Waals surface area contributed by atoms with E-state index in [-0.39, 0.29) is 5.69 Å². The highest BCUT2D eigenvalue weighted by atomic mass is 32.2. The third-order valence-corrected chi connectivity index (χ3v) is 2.64. The Bertz CT molecular complexity index is 509. The molecule has 0 radical (unpaired) electrons. The van der Waals surface area contributed by atoms with Crippen LogP contribution in [0.15, 0.2) is 18.2 Å². The molecular formula is C10H12F3NO2S. The molecule has 0 aliphatic heterocycles. The average Bonchev–Trinajstić information content (AvgIpc) is 2.13. The molecule has 17 heavy (non-hydrogen) atoms. The third-order valence-electron chi connectivity index (χ3n) is 2.03. The van der Waals surface area contributed by atoms with Gasteiger partial charge in [0.2, 0.25) is 10.0 Å². The van der Waals surface area contributed by atoms with Crippen molar-refractivity contribution in [3.8, 4) is 0 Å². The Balaban J connectivity index is 3.24. The fraction of sp³-hybridized carbons (Fsp3) is 0.400. The Morgan fingerprint density at radius 1 is 1.24 bits per heavy atom. The lowest BCUT2D eigenvalue weighted by Gasteiger charge is -2.12. The Morgan fingerprint density at radius 2 is 1.82 bits per heavy atom. The fourth-order valence-corrected chi connectivity index (χ4v) is 1.88. The molecule has 7 heteroatoms. The quantitative estimate of drug-likeness (QED) is 0.915. The summed E-state index contributed by atoms with van der Waals surface area (Å²) in [6.07, 6.45) is -3.21. The number of halogens is 3. The van der Waals surface area contributed by atoms with Gasteiger partial charge in [0.15, 0.2) is 0 Å². The van der Waals surface area contributed by atoms with E-state index in [0.717, 1.165) is 18.4 Å². The van der Waals surface area contributed by atoms with Gasteiger partial charge in [-0.15, -0.1) is 0 Å². The third kappa shape index (κ3) is 4.26. The van der Waals surface area contributed by atoms with Gasteiger partial charge in [-0.1, -0.05) is 6.92 Å². The number of alkyl halides is 3. The summed E-state index contributed by atoms with van der Waals surface area (Å²) in [5.74, 6) is 0. The summed E-state index contributed by atoms with van der Waals surface area (Å²) < 4.78 is 61.6. The zero-order valence-electron chi connectivity index (χ0n) is 9.30. The average molecular weight is 267 g/mol. The van der Waals surface area contributed by atoms with Gasteiger partial charge >= 0.3 is 6.18 Å². The van der Waals surface area contributed by atoms with Crippen molar-refractivity contribution < 1.29 is 21.6 Å². The molecule has 0 unspecified atom stereocenters. The molecule has 0 saturated carbocycles. The molecule has 0 saturated heterocycles. The van der Waals surface area contributed by atoms with Crippen molar-refractivity contribution >= 4 is 15.7 Å². The molecule has 0 spiro atoms. The molecule has 0 atom stereocenters. The molecule has 0 bridgehead atoms. The van der Waals surface area contributed by atoms with Crippen molar-refractivity contribution in [2.45, 2.75) is 19.5 Å². The number of sulfonamides is 1. The highest BCUT2D eigenvalue weighted by Gasteiger charge is 2.31. The van der Waals surface area contributed by atoms with E-state index >= 15 is 0 Å². The van der Waals surface area contributed by atoms with Crippen LogP contribution >= 0.6 is 0 Å². The summed E-state index contributed by atoms with van der Waals surface area (Å²) >= 11 is 0. The Hall–Kier alpha value is -1.24. The number of benzene rings is 1. The van der Waals surface area contributed by atoms with Crippen molar-refractivity contribution in [1.82, 2.24) is 0 Å². The minimum atomic E-state index is -4.49. The number of hydrogen-bond acceptors (Lipinski definition) is 2. The van der Waals surface area contributed by atoms with Crippen LogP contribution in [0.1, 0.15) is 18.1 Å². The summed E-state index contributed by atoms with van der Waals surface area (Å²) in [5.41, 5.74) is -0.506. The SMILES string of the molecule is CCc1cc(NS(C)(=O)=O)cc(C(F)(F)F)c1. The van der Waals surface area contributed by atoms with Gasteiger partial charge in [0.1, 0.15) is 0 Å². The van der Waals surface area contributed by atoms with E-state index in [4.69, 9.17) is 0 Å². The van der Waals surface area contributed by atoms with Gasteiger partial charge in [-0.05, 0) is 30.2 Å². The largest absolute Gasteiger partial charge is 0.416 e. The molecule has 1 N–H and O–H groups in total. The standard InChI is InChI=1S/C10H12F3NO2S/c1-3-7-4-8(10(11,12)13)6-9(5-7)14-17(2,15)16/h4-6,14H,3H2,1-2H3.